The Kier molecular flexibility index (Phi) is 3.79. The summed E-state index contributed by atoms with van der Waals surface area (Å²) in [5.41, 5.74) is 0. The maximum absolute atomic E-state index is 5.52. The van der Waals surface area contributed by atoms with Crippen molar-refractivity contribution < 1.29 is 4.74 Å². The fourth-order valence-electron chi connectivity index (χ4n) is 2.34. The molecule has 1 unspecified atom stereocenters. The molecule has 3 heteroatoms. The van der Waals surface area contributed by atoms with Crippen molar-refractivity contribution >= 4 is 0 Å². The van der Waals surface area contributed by atoms with Gasteiger partial charge in [-0.05, 0) is 39.2 Å². The minimum absolute atomic E-state index is 0.536. The normalized spacial score (nSPS) is 37.1. The van der Waals surface area contributed by atoms with Crippen molar-refractivity contribution in [3.8, 4) is 0 Å². The summed E-state index contributed by atoms with van der Waals surface area (Å²) in [4.78, 5) is 0. The van der Waals surface area contributed by atoms with E-state index >= 15 is 0 Å². The molecule has 1 saturated carbocycles. The van der Waals surface area contributed by atoms with Crippen molar-refractivity contribution in [1.82, 2.24) is 10.6 Å². The third-order valence-corrected chi connectivity index (χ3v) is 3.31. The zero-order chi connectivity index (χ0) is 9.80. The van der Waals surface area contributed by atoms with Crippen molar-refractivity contribution in [2.75, 3.05) is 19.7 Å². The van der Waals surface area contributed by atoms with Crippen LogP contribution in [0.2, 0.25) is 0 Å². The van der Waals surface area contributed by atoms with Crippen LogP contribution in [-0.2, 0) is 4.74 Å². The summed E-state index contributed by atoms with van der Waals surface area (Å²) in [7, 11) is 0. The third kappa shape index (κ3) is 2.69. The van der Waals surface area contributed by atoms with Crippen LogP contribution in [0.5, 0.6) is 0 Å². The van der Waals surface area contributed by atoms with Crippen molar-refractivity contribution in [3.05, 3.63) is 0 Å². The van der Waals surface area contributed by atoms with Crippen LogP contribution in [0.4, 0.5) is 0 Å². The van der Waals surface area contributed by atoms with E-state index < -0.39 is 0 Å². The molecule has 0 bridgehead atoms. The van der Waals surface area contributed by atoms with Gasteiger partial charge in [-0.1, -0.05) is 0 Å². The fourth-order valence-corrected chi connectivity index (χ4v) is 2.34. The average Bonchev–Trinajstić information content (AvgIpc) is 2.61. The highest BCUT2D eigenvalue weighted by Gasteiger charge is 2.29. The maximum Gasteiger partial charge on any atom is 0.0604 e. The van der Waals surface area contributed by atoms with Gasteiger partial charge < -0.3 is 15.4 Å². The molecule has 2 fully saturated rings. The molecular weight excluding hydrogens is 176 g/mol. The first-order valence-electron chi connectivity index (χ1n) is 5.97. The van der Waals surface area contributed by atoms with Crippen LogP contribution in [0, 0.1) is 0 Å². The summed E-state index contributed by atoms with van der Waals surface area (Å²) in [5.74, 6) is 0. The topological polar surface area (TPSA) is 33.3 Å². The summed E-state index contributed by atoms with van der Waals surface area (Å²) in [6.45, 7) is 5.28. The van der Waals surface area contributed by atoms with Gasteiger partial charge in [0.05, 0.1) is 6.10 Å². The predicted molar refractivity (Wildman–Crippen MR) is 57.5 cm³/mol. The standard InChI is InChI=1S/C11H22N2O/c1-2-14-11-6-10(7-11)13-8-9-4-3-5-12-9/h9-13H,2-8H2,1H3. The largest absolute Gasteiger partial charge is 0.378 e. The molecule has 0 aromatic carbocycles. The molecular formula is C11H22N2O. The van der Waals surface area contributed by atoms with E-state index in [1.165, 1.54) is 32.2 Å². The Hall–Kier alpha value is -0.120. The summed E-state index contributed by atoms with van der Waals surface area (Å²) in [5, 5.41) is 7.11. The van der Waals surface area contributed by atoms with Gasteiger partial charge in [-0.2, -0.15) is 0 Å². The zero-order valence-electron chi connectivity index (χ0n) is 9.09. The van der Waals surface area contributed by atoms with Gasteiger partial charge in [-0.25, -0.2) is 0 Å². The minimum Gasteiger partial charge on any atom is -0.378 e. The number of hydrogen-bond acceptors (Lipinski definition) is 3. The first kappa shape index (κ1) is 10.4. The number of nitrogens with one attached hydrogen (secondary N) is 2. The SMILES string of the molecule is CCOC1CC(NCC2CCCN2)C1. The molecule has 0 amide bonds. The van der Waals surface area contributed by atoms with Crippen LogP contribution >= 0.6 is 0 Å². The molecule has 2 rings (SSSR count). The highest BCUT2D eigenvalue weighted by atomic mass is 16.5. The molecule has 1 heterocycles. The van der Waals surface area contributed by atoms with Gasteiger partial charge in [-0.15, -0.1) is 0 Å². The van der Waals surface area contributed by atoms with Crippen LogP contribution in [0.15, 0.2) is 0 Å². The number of ether oxygens (including phenoxy) is 1. The van der Waals surface area contributed by atoms with E-state index in [0.29, 0.717) is 12.1 Å². The van der Waals surface area contributed by atoms with Gasteiger partial charge in [0.25, 0.3) is 0 Å². The van der Waals surface area contributed by atoms with Gasteiger partial charge in [0.1, 0.15) is 0 Å². The Labute approximate surface area is 86.6 Å². The lowest BCUT2D eigenvalue weighted by molar-refractivity contribution is -0.0101. The molecule has 14 heavy (non-hydrogen) atoms. The van der Waals surface area contributed by atoms with Gasteiger partial charge in [0.15, 0.2) is 0 Å². The Bertz CT molecular complexity index is 163. The zero-order valence-corrected chi connectivity index (χ0v) is 9.09. The van der Waals surface area contributed by atoms with E-state index in [1.54, 1.807) is 0 Å². The summed E-state index contributed by atoms with van der Waals surface area (Å²) in [6.07, 6.45) is 5.64. The lowest BCUT2D eigenvalue weighted by atomic mass is 9.89. The van der Waals surface area contributed by atoms with Crippen molar-refractivity contribution in [1.29, 1.82) is 0 Å². The Morgan fingerprint density at radius 3 is 2.93 bits per heavy atom. The minimum atomic E-state index is 0.536. The first-order chi connectivity index (χ1) is 6.88. The third-order valence-electron chi connectivity index (χ3n) is 3.31. The lowest BCUT2D eigenvalue weighted by Crippen LogP contribution is -2.48. The molecule has 1 aliphatic heterocycles. The van der Waals surface area contributed by atoms with Crippen molar-refractivity contribution in [2.45, 2.75) is 50.8 Å². The van der Waals surface area contributed by atoms with E-state index in [4.69, 9.17) is 4.74 Å². The second kappa shape index (κ2) is 5.10. The molecule has 1 saturated heterocycles. The maximum atomic E-state index is 5.52. The molecule has 3 nitrogen and oxygen atoms in total. The Morgan fingerprint density at radius 1 is 1.43 bits per heavy atom. The van der Waals surface area contributed by atoms with E-state index in [0.717, 1.165) is 19.2 Å². The van der Waals surface area contributed by atoms with Crippen LogP contribution < -0.4 is 10.6 Å². The van der Waals surface area contributed by atoms with Crippen LogP contribution in [-0.4, -0.2) is 37.9 Å². The summed E-state index contributed by atoms with van der Waals surface area (Å²) in [6, 6.07) is 1.44. The quantitative estimate of drug-likeness (QED) is 0.688. The molecule has 1 atom stereocenters. The van der Waals surface area contributed by atoms with E-state index in [2.05, 4.69) is 17.6 Å². The Balaban J connectivity index is 1.51. The Morgan fingerprint density at radius 2 is 2.29 bits per heavy atom. The first-order valence-corrected chi connectivity index (χ1v) is 5.97. The van der Waals surface area contributed by atoms with Crippen LogP contribution in [0.3, 0.4) is 0 Å². The predicted octanol–water partition coefficient (Wildman–Crippen LogP) is 0.895. The van der Waals surface area contributed by atoms with Gasteiger partial charge >= 0.3 is 0 Å². The van der Waals surface area contributed by atoms with E-state index in [-0.39, 0.29) is 0 Å². The summed E-state index contributed by atoms with van der Waals surface area (Å²) >= 11 is 0. The monoisotopic (exact) mass is 198 g/mol. The molecule has 0 aromatic rings. The number of hydrogen-bond donors (Lipinski definition) is 2. The lowest BCUT2D eigenvalue weighted by Gasteiger charge is -2.36. The highest BCUT2D eigenvalue weighted by Crippen LogP contribution is 2.23. The molecule has 0 aromatic heterocycles. The smallest absolute Gasteiger partial charge is 0.0604 e. The van der Waals surface area contributed by atoms with E-state index in [1.807, 2.05) is 0 Å². The van der Waals surface area contributed by atoms with Crippen LogP contribution in [0.25, 0.3) is 0 Å². The molecule has 0 spiro atoms. The second-order valence-electron chi connectivity index (χ2n) is 4.45. The number of rotatable bonds is 5. The molecule has 2 N–H and O–H groups in total. The van der Waals surface area contributed by atoms with Gasteiger partial charge in [-0.3, -0.25) is 0 Å². The molecule has 2 aliphatic rings. The highest BCUT2D eigenvalue weighted by molar-refractivity contribution is 4.88. The fraction of sp³-hybridized carbons (Fsp3) is 1.00. The second-order valence-corrected chi connectivity index (χ2v) is 4.45. The van der Waals surface area contributed by atoms with Crippen molar-refractivity contribution in [2.24, 2.45) is 0 Å². The van der Waals surface area contributed by atoms with Crippen molar-refractivity contribution in [3.63, 3.8) is 0 Å². The molecule has 0 radical (unpaired) electrons. The van der Waals surface area contributed by atoms with Gasteiger partial charge in [0, 0.05) is 25.2 Å². The molecule has 1 aliphatic carbocycles. The summed E-state index contributed by atoms with van der Waals surface area (Å²) < 4.78 is 5.52. The van der Waals surface area contributed by atoms with E-state index in [9.17, 15) is 0 Å². The van der Waals surface area contributed by atoms with Gasteiger partial charge in [0.2, 0.25) is 0 Å². The average molecular weight is 198 g/mol. The van der Waals surface area contributed by atoms with Crippen LogP contribution in [0.1, 0.15) is 32.6 Å². The molecule has 82 valence electrons.